The van der Waals surface area contributed by atoms with E-state index in [0.29, 0.717) is 29.0 Å². The van der Waals surface area contributed by atoms with Crippen molar-refractivity contribution < 1.29 is 4.79 Å². The van der Waals surface area contributed by atoms with Crippen LogP contribution >= 0.6 is 70.1 Å². The molecule has 0 aliphatic carbocycles. The number of anilines is 1. The summed E-state index contributed by atoms with van der Waals surface area (Å²) in [5, 5.41) is 8.68. The van der Waals surface area contributed by atoms with Crippen molar-refractivity contribution in [3.63, 3.8) is 0 Å². The third kappa shape index (κ3) is 5.00. The molecule has 1 heterocycles. The van der Waals surface area contributed by atoms with E-state index in [1.807, 2.05) is 12.1 Å². The fraction of sp³-hybridized carbons (Fsp3) is 0.0625. The molecule has 0 fully saturated rings. The summed E-state index contributed by atoms with van der Waals surface area (Å²) in [6.45, 7) is 0. The van der Waals surface area contributed by atoms with Crippen LogP contribution in [-0.4, -0.2) is 21.4 Å². The van der Waals surface area contributed by atoms with Crippen molar-refractivity contribution in [2.75, 3.05) is 11.1 Å². The maximum atomic E-state index is 12.1. The fourth-order valence-electron chi connectivity index (χ4n) is 1.96. The predicted molar refractivity (Wildman–Crippen MR) is 113 cm³/mol. The summed E-state index contributed by atoms with van der Waals surface area (Å²) in [7, 11) is 0. The molecule has 0 saturated carbocycles. The first-order chi connectivity index (χ1) is 12.4. The number of rotatable bonds is 5. The Kier molecular flexibility index (Phi) is 6.60. The van der Waals surface area contributed by atoms with Crippen LogP contribution in [0.15, 0.2) is 46.8 Å². The monoisotopic (exact) mass is 461 g/mol. The van der Waals surface area contributed by atoms with Gasteiger partial charge in [0.1, 0.15) is 0 Å². The van der Waals surface area contributed by atoms with E-state index in [1.165, 1.54) is 23.1 Å². The molecule has 26 heavy (non-hydrogen) atoms. The Balaban J connectivity index is 1.63. The number of hydrogen-bond acceptors (Lipinski definition) is 5. The van der Waals surface area contributed by atoms with Crippen molar-refractivity contribution >= 4 is 81.7 Å². The van der Waals surface area contributed by atoms with Crippen LogP contribution in [0.1, 0.15) is 0 Å². The number of nitrogens with one attached hydrogen (secondary N) is 1. The Bertz CT molecular complexity index is 1000. The molecule has 4 nitrogen and oxygen atoms in total. The first-order valence-corrected chi connectivity index (χ1v) is 10.5. The van der Waals surface area contributed by atoms with Crippen molar-refractivity contribution in [3.05, 3.63) is 61.5 Å². The van der Waals surface area contributed by atoms with Gasteiger partial charge >= 0.3 is 0 Å². The molecule has 2 aromatic carbocycles. The van der Waals surface area contributed by atoms with Crippen molar-refractivity contribution in [2.45, 2.75) is 4.34 Å². The van der Waals surface area contributed by atoms with Gasteiger partial charge in [-0.2, -0.15) is 0 Å². The van der Waals surface area contributed by atoms with Gasteiger partial charge in [-0.25, -0.2) is 4.68 Å². The van der Waals surface area contributed by atoms with Crippen molar-refractivity contribution in [1.82, 2.24) is 9.78 Å². The molecular weight excluding hydrogens is 453 g/mol. The quantitative estimate of drug-likeness (QED) is 0.354. The Morgan fingerprint density at radius 3 is 2.58 bits per heavy atom. The second-order valence-electron chi connectivity index (χ2n) is 4.99. The second-order valence-corrected chi connectivity index (χ2v) is 9.08. The first-order valence-electron chi connectivity index (χ1n) is 7.16. The molecule has 0 unspecified atom stereocenters. The number of benzene rings is 2. The lowest BCUT2D eigenvalue weighted by molar-refractivity contribution is -0.113. The minimum atomic E-state index is -0.174. The number of thioether (sulfide) groups is 1. The molecule has 3 rings (SSSR count). The Labute approximate surface area is 178 Å². The lowest BCUT2D eigenvalue weighted by Gasteiger charge is -2.05. The Morgan fingerprint density at radius 2 is 1.88 bits per heavy atom. The highest BCUT2D eigenvalue weighted by atomic mass is 35.5. The highest BCUT2D eigenvalue weighted by Gasteiger charge is 2.10. The molecule has 0 atom stereocenters. The number of nitrogens with zero attached hydrogens (tertiary/aromatic N) is 2. The van der Waals surface area contributed by atoms with E-state index in [9.17, 15) is 4.79 Å². The number of carbonyl (C=O) groups excluding carboxylic acids is 1. The van der Waals surface area contributed by atoms with E-state index in [0.717, 1.165) is 5.69 Å². The van der Waals surface area contributed by atoms with E-state index in [2.05, 4.69) is 10.4 Å². The molecule has 3 aromatic rings. The minimum absolute atomic E-state index is 0.174. The summed E-state index contributed by atoms with van der Waals surface area (Å²) in [4.78, 5) is 12.1. The molecule has 0 bridgehead atoms. The number of carbonyl (C=O) groups is 1. The van der Waals surface area contributed by atoms with Crippen LogP contribution < -0.4 is 5.32 Å². The summed E-state index contributed by atoms with van der Waals surface area (Å²) in [6.07, 6.45) is 0. The maximum Gasteiger partial charge on any atom is 0.234 e. The SMILES string of the molecule is O=C(CSc1nn(-c2ccc(Cl)cc2)c(=S)s1)Nc1ccc(Cl)c(Cl)c1. The molecule has 0 spiro atoms. The highest BCUT2D eigenvalue weighted by molar-refractivity contribution is 8.01. The van der Waals surface area contributed by atoms with Gasteiger partial charge in [0, 0.05) is 10.7 Å². The van der Waals surface area contributed by atoms with Gasteiger partial charge in [-0.3, -0.25) is 4.79 Å². The number of hydrogen-bond donors (Lipinski definition) is 1. The second kappa shape index (κ2) is 8.73. The summed E-state index contributed by atoms with van der Waals surface area (Å²) < 4.78 is 2.95. The van der Waals surface area contributed by atoms with Gasteiger partial charge in [-0.1, -0.05) is 57.9 Å². The van der Waals surface area contributed by atoms with Crippen LogP contribution in [0.25, 0.3) is 5.69 Å². The zero-order chi connectivity index (χ0) is 18.7. The third-order valence-corrected chi connectivity index (χ3v) is 6.49. The summed E-state index contributed by atoms with van der Waals surface area (Å²) in [5.41, 5.74) is 1.41. The standard InChI is InChI=1S/C16H10Cl3N3OS3/c17-9-1-4-11(5-2-9)22-16(24)26-15(21-22)25-8-14(23)20-10-3-6-12(18)13(19)7-10/h1-7H,8H2,(H,20,23). The predicted octanol–water partition coefficient (Wildman–Crippen LogP) is 6.35. The van der Waals surface area contributed by atoms with E-state index in [1.54, 1.807) is 35.0 Å². The van der Waals surface area contributed by atoms with Crippen molar-refractivity contribution in [2.24, 2.45) is 0 Å². The smallest absolute Gasteiger partial charge is 0.234 e. The van der Waals surface area contributed by atoms with Crippen LogP contribution in [0.3, 0.4) is 0 Å². The van der Waals surface area contributed by atoms with Crippen molar-refractivity contribution in [1.29, 1.82) is 0 Å². The summed E-state index contributed by atoms with van der Waals surface area (Å²) in [6, 6.07) is 12.1. The van der Waals surface area contributed by atoms with E-state index in [-0.39, 0.29) is 11.7 Å². The van der Waals surface area contributed by atoms with E-state index in [4.69, 9.17) is 47.0 Å². The first kappa shape index (κ1) is 19.7. The average molecular weight is 463 g/mol. The van der Waals surface area contributed by atoms with Gasteiger partial charge < -0.3 is 5.32 Å². The minimum Gasteiger partial charge on any atom is -0.325 e. The average Bonchev–Trinajstić information content (AvgIpc) is 2.98. The van der Waals surface area contributed by atoms with Gasteiger partial charge in [0.25, 0.3) is 0 Å². The molecule has 10 heteroatoms. The maximum absolute atomic E-state index is 12.1. The number of halogens is 3. The van der Waals surface area contributed by atoms with Crippen LogP contribution in [0.5, 0.6) is 0 Å². The summed E-state index contributed by atoms with van der Waals surface area (Å²) >= 11 is 25.7. The number of amides is 1. The van der Waals surface area contributed by atoms with Gasteiger partial charge in [0.2, 0.25) is 5.91 Å². The molecule has 1 aromatic heterocycles. The van der Waals surface area contributed by atoms with Crippen LogP contribution in [0.4, 0.5) is 5.69 Å². The molecule has 0 aliphatic heterocycles. The zero-order valence-electron chi connectivity index (χ0n) is 12.9. The lowest BCUT2D eigenvalue weighted by Crippen LogP contribution is -2.13. The molecule has 1 amide bonds. The largest absolute Gasteiger partial charge is 0.325 e. The molecule has 0 aliphatic rings. The lowest BCUT2D eigenvalue weighted by atomic mass is 10.3. The van der Waals surface area contributed by atoms with Gasteiger partial charge in [0.05, 0.1) is 21.5 Å². The normalized spacial score (nSPS) is 10.7. The molecule has 134 valence electrons. The Morgan fingerprint density at radius 1 is 1.15 bits per heavy atom. The highest BCUT2D eigenvalue weighted by Crippen LogP contribution is 2.27. The van der Waals surface area contributed by atoms with Gasteiger partial charge in [-0.05, 0) is 54.7 Å². The summed E-state index contributed by atoms with van der Waals surface area (Å²) in [5.74, 6) is 0.0240. The third-order valence-electron chi connectivity index (χ3n) is 3.13. The van der Waals surface area contributed by atoms with E-state index >= 15 is 0 Å². The van der Waals surface area contributed by atoms with Crippen LogP contribution in [0.2, 0.25) is 15.1 Å². The Hall–Kier alpha value is -1.09. The zero-order valence-corrected chi connectivity index (χ0v) is 17.6. The number of aromatic nitrogens is 2. The fourth-order valence-corrected chi connectivity index (χ4v) is 4.55. The molecule has 1 N–H and O–H groups in total. The van der Waals surface area contributed by atoms with Crippen LogP contribution in [-0.2, 0) is 4.79 Å². The topological polar surface area (TPSA) is 46.9 Å². The van der Waals surface area contributed by atoms with E-state index < -0.39 is 0 Å². The molecular formula is C16H10Cl3N3OS3. The van der Waals surface area contributed by atoms with Gasteiger partial charge in [0.15, 0.2) is 8.29 Å². The molecule has 0 saturated heterocycles. The van der Waals surface area contributed by atoms with Crippen molar-refractivity contribution in [3.8, 4) is 5.69 Å². The van der Waals surface area contributed by atoms with Crippen LogP contribution in [0, 0.1) is 3.95 Å². The molecule has 0 radical (unpaired) electrons. The van der Waals surface area contributed by atoms with Gasteiger partial charge in [-0.15, -0.1) is 5.10 Å².